The Kier molecular flexibility index (Phi) is 5.51. The van der Waals surface area contributed by atoms with Crippen molar-refractivity contribution in [2.45, 2.75) is 50.4 Å². The Morgan fingerprint density at radius 1 is 1.04 bits per heavy atom. The minimum Gasteiger partial charge on any atom is -0.460 e. The van der Waals surface area contributed by atoms with Gasteiger partial charge < -0.3 is 9.84 Å². The number of hydrogen-bond acceptors (Lipinski definition) is 4. The van der Waals surface area contributed by atoms with Crippen LogP contribution in [0.1, 0.15) is 43.7 Å². The van der Waals surface area contributed by atoms with Gasteiger partial charge in [0.1, 0.15) is 11.7 Å². The van der Waals surface area contributed by atoms with Gasteiger partial charge in [0.15, 0.2) is 0 Å². The van der Waals surface area contributed by atoms with Crippen LogP contribution in [0.15, 0.2) is 60.7 Å². The molecule has 5 rings (SSSR count). The van der Waals surface area contributed by atoms with E-state index in [1.54, 1.807) is 0 Å². The SMILES string of the molecule is CC[C@H]1[C@H](OC(=O)CC(O)(c2ccccc2)c2ccccc2)C2CCN1CC2. The maximum Gasteiger partial charge on any atom is 0.309 e. The van der Waals surface area contributed by atoms with Crippen LogP contribution in [0.3, 0.4) is 0 Å². The summed E-state index contributed by atoms with van der Waals surface area (Å²) in [5.74, 6) is 0.118. The molecule has 2 aromatic carbocycles. The zero-order valence-corrected chi connectivity index (χ0v) is 16.5. The second kappa shape index (κ2) is 8.06. The molecule has 2 atom stereocenters. The van der Waals surface area contributed by atoms with Crippen LogP contribution in [0.4, 0.5) is 0 Å². The van der Waals surface area contributed by atoms with E-state index in [4.69, 9.17) is 4.74 Å². The third-order valence-electron chi connectivity index (χ3n) is 6.48. The maximum absolute atomic E-state index is 13.0. The van der Waals surface area contributed by atoms with Gasteiger partial charge in [-0.2, -0.15) is 0 Å². The molecule has 2 aromatic rings. The van der Waals surface area contributed by atoms with Crippen molar-refractivity contribution in [2.24, 2.45) is 5.92 Å². The minimum absolute atomic E-state index is 0.0594. The van der Waals surface area contributed by atoms with Crippen LogP contribution in [0.2, 0.25) is 0 Å². The van der Waals surface area contributed by atoms with E-state index in [9.17, 15) is 9.90 Å². The number of carbonyl (C=O) groups is 1. The Labute approximate surface area is 167 Å². The molecule has 148 valence electrons. The lowest BCUT2D eigenvalue weighted by Gasteiger charge is -2.50. The van der Waals surface area contributed by atoms with Gasteiger partial charge in [0.25, 0.3) is 0 Å². The fraction of sp³-hybridized carbons (Fsp3) is 0.458. The molecule has 2 bridgehead atoms. The van der Waals surface area contributed by atoms with Crippen LogP contribution < -0.4 is 0 Å². The Morgan fingerprint density at radius 2 is 1.57 bits per heavy atom. The van der Waals surface area contributed by atoms with Gasteiger partial charge in [-0.3, -0.25) is 9.69 Å². The molecule has 3 heterocycles. The number of nitrogens with zero attached hydrogens (tertiary/aromatic N) is 1. The van der Waals surface area contributed by atoms with Gasteiger partial charge >= 0.3 is 5.97 Å². The predicted molar refractivity (Wildman–Crippen MR) is 109 cm³/mol. The fourth-order valence-corrected chi connectivity index (χ4v) is 4.97. The van der Waals surface area contributed by atoms with E-state index in [2.05, 4.69) is 11.8 Å². The molecule has 0 saturated carbocycles. The van der Waals surface area contributed by atoms with Gasteiger partial charge in [-0.05, 0) is 49.4 Å². The molecule has 3 aliphatic heterocycles. The average Bonchev–Trinajstić information content (AvgIpc) is 2.75. The van der Waals surface area contributed by atoms with Crippen molar-refractivity contribution in [3.63, 3.8) is 0 Å². The summed E-state index contributed by atoms with van der Waals surface area (Å²) in [5, 5.41) is 11.6. The second-order valence-corrected chi connectivity index (χ2v) is 8.07. The summed E-state index contributed by atoms with van der Waals surface area (Å²) in [4.78, 5) is 15.5. The highest BCUT2D eigenvalue weighted by Gasteiger charge is 2.44. The predicted octanol–water partition coefficient (Wildman–Crippen LogP) is 3.73. The quantitative estimate of drug-likeness (QED) is 0.777. The summed E-state index contributed by atoms with van der Waals surface area (Å²) in [6.07, 6.45) is 3.03. The zero-order valence-electron chi connectivity index (χ0n) is 16.5. The molecule has 4 nitrogen and oxygen atoms in total. The highest BCUT2D eigenvalue weighted by Crippen LogP contribution is 2.38. The first-order valence-electron chi connectivity index (χ1n) is 10.4. The Bertz CT molecular complexity index is 745. The van der Waals surface area contributed by atoms with E-state index in [0.717, 1.165) is 32.4 Å². The number of ether oxygens (including phenoxy) is 1. The Hall–Kier alpha value is -2.17. The summed E-state index contributed by atoms with van der Waals surface area (Å²) >= 11 is 0. The lowest BCUT2D eigenvalue weighted by atomic mass is 9.79. The minimum atomic E-state index is -1.39. The van der Waals surface area contributed by atoms with Crippen molar-refractivity contribution in [1.29, 1.82) is 0 Å². The monoisotopic (exact) mass is 379 g/mol. The molecule has 3 fully saturated rings. The summed E-state index contributed by atoms with van der Waals surface area (Å²) in [5.41, 5.74) is 0.0214. The van der Waals surface area contributed by atoms with Crippen LogP contribution >= 0.6 is 0 Å². The van der Waals surface area contributed by atoms with Crippen molar-refractivity contribution < 1.29 is 14.6 Å². The normalized spacial score (nSPS) is 26.8. The third kappa shape index (κ3) is 3.59. The molecule has 3 aliphatic rings. The van der Waals surface area contributed by atoms with Crippen molar-refractivity contribution in [3.05, 3.63) is 71.8 Å². The summed E-state index contributed by atoms with van der Waals surface area (Å²) < 4.78 is 6.03. The molecule has 0 aliphatic carbocycles. The van der Waals surface area contributed by atoms with Crippen LogP contribution in [0.25, 0.3) is 0 Å². The summed E-state index contributed by atoms with van der Waals surface area (Å²) in [6.45, 7) is 4.38. The number of hydrogen-bond donors (Lipinski definition) is 1. The van der Waals surface area contributed by atoms with Crippen LogP contribution in [-0.2, 0) is 15.1 Å². The number of esters is 1. The van der Waals surface area contributed by atoms with Crippen LogP contribution in [0.5, 0.6) is 0 Å². The Morgan fingerprint density at radius 3 is 2.07 bits per heavy atom. The smallest absolute Gasteiger partial charge is 0.309 e. The molecule has 0 unspecified atom stereocenters. The van der Waals surface area contributed by atoms with Crippen LogP contribution in [0, 0.1) is 5.92 Å². The van der Waals surface area contributed by atoms with Crippen molar-refractivity contribution >= 4 is 5.97 Å². The number of rotatable bonds is 6. The molecular formula is C24H29NO3. The largest absolute Gasteiger partial charge is 0.460 e. The Balaban J connectivity index is 1.56. The number of piperidine rings is 3. The fourth-order valence-electron chi connectivity index (χ4n) is 4.97. The molecule has 0 amide bonds. The van der Waals surface area contributed by atoms with Crippen molar-refractivity contribution in [1.82, 2.24) is 4.90 Å². The lowest BCUT2D eigenvalue weighted by Crippen LogP contribution is -2.58. The van der Waals surface area contributed by atoms with Crippen molar-refractivity contribution in [2.75, 3.05) is 13.1 Å². The number of carbonyl (C=O) groups excluding carboxylic acids is 1. The standard InChI is InChI=1S/C24H29NO3/c1-2-21-23(18-13-15-25(21)16-14-18)28-22(26)17-24(27,19-9-5-3-6-10-19)20-11-7-4-8-12-20/h3-12,18,21,23,27H,2,13-17H2,1H3/t21-,23+/m0/s1. The van der Waals surface area contributed by atoms with Gasteiger partial charge in [-0.1, -0.05) is 67.6 Å². The maximum atomic E-state index is 13.0. The molecule has 28 heavy (non-hydrogen) atoms. The van der Waals surface area contributed by atoms with Gasteiger partial charge in [-0.25, -0.2) is 0 Å². The molecule has 0 aromatic heterocycles. The van der Waals surface area contributed by atoms with E-state index in [1.165, 1.54) is 0 Å². The summed E-state index contributed by atoms with van der Waals surface area (Å²) in [6, 6.07) is 19.1. The molecule has 3 saturated heterocycles. The molecule has 1 N–H and O–H groups in total. The highest BCUT2D eigenvalue weighted by molar-refractivity contribution is 5.72. The van der Waals surface area contributed by atoms with Gasteiger partial charge in [0.05, 0.1) is 6.42 Å². The first-order valence-corrected chi connectivity index (χ1v) is 10.4. The number of aliphatic hydroxyl groups is 1. The van der Waals surface area contributed by atoms with E-state index >= 15 is 0 Å². The lowest BCUT2D eigenvalue weighted by molar-refractivity contribution is -0.170. The number of fused-ring (bicyclic) bond motifs is 3. The van der Waals surface area contributed by atoms with Crippen LogP contribution in [-0.4, -0.2) is 41.2 Å². The molecule has 4 heteroatoms. The highest BCUT2D eigenvalue weighted by atomic mass is 16.5. The second-order valence-electron chi connectivity index (χ2n) is 8.07. The average molecular weight is 380 g/mol. The summed E-state index contributed by atoms with van der Waals surface area (Å²) in [7, 11) is 0. The van der Waals surface area contributed by atoms with Crippen molar-refractivity contribution in [3.8, 4) is 0 Å². The molecule has 0 radical (unpaired) electrons. The first kappa shape index (κ1) is 19.2. The van der Waals surface area contributed by atoms with Gasteiger partial charge in [0, 0.05) is 6.04 Å². The van der Waals surface area contributed by atoms with E-state index in [-0.39, 0.29) is 18.5 Å². The third-order valence-corrected chi connectivity index (χ3v) is 6.48. The zero-order chi connectivity index (χ0) is 19.6. The topological polar surface area (TPSA) is 49.8 Å². The number of benzene rings is 2. The van der Waals surface area contributed by atoms with Gasteiger partial charge in [-0.15, -0.1) is 0 Å². The molecular weight excluding hydrogens is 350 g/mol. The van der Waals surface area contributed by atoms with E-state index in [1.807, 2.05) is 60.7 Å². The van der Waals surface area contributed by atoms with E-state index < -0.39 is 5.60 Å². The first-order chi connectivity index (χ1) is 13.6. The van der Waals surface area contributed by atoms with Gasteiger partial charge in [0.2, 0.25) is 0 Å². The van der Waals surface area contributed by atoms with E-state index in [0.29, 0.717) is 23.1 Å². The molecule has 0 spiro atoms.